The van der Waals surface area contributed by atoms with E-state index in [2.05, 4.69) is 36.5 Å². The summed E-state index contributed by atoms with van der Waals surface area (Å²) < 4.78 is 0. The van der Waals surface area contributed by atoms with Crippen molar-refractivity contribution in [3.05, 3.63) is 35.4 Å². The molecule has 1 fully saturated rings. The minimum Gasteiger partial charge on any atom is -0.337 e. The van der Waals surface area contributed by atoms with Crippen LogP contribution in [0.4, 0.5) is 0 Å². The second-order valence-corrected chi connectivity index (χ2v) is 6.74. The summed E-state index contributed by atoms with van der Waals surface area (Å²) >= 11 is 0. The molecule has 3 rings (SSSR count). The van der Waals surface area contributed by atoms with Crippen molar-refractivity contribution < 1.29 is 4.79 Å². The Morgan fingerprint density at radius 2 is 2.10 bits per heavy atom. The SMILES string of the molecule is CN(C(=O)C1(C)CCCCN1)C1CCCc2ccccc21. The van der Waals surface area contributed by atoms with Gasteiger partial charge in [0.2, 0.25) is 5.91 Å². The molecule has 1 N–H and O–H groups in total. The Morgan fingerprint density at radius 3 is 2.86 bits per heavy atom. The maximum atomic E-state index is 13.0. The second-order valence-electron chi connectivity index (χ2n) is 6.74. The molecule has 1 aliphatic carbocycles. The number of nitrogens with one attached hydrogen (secondary N) is 1. The molecular formula is C18H26N2O. The molecule has 3 nitrogen and oxygen atoms in total. The Labute approximate surface area is 127 Å². The van der Waals surface area contributed by atoms with Gasteiger partial charge in [-0.3, -0.25) is 4.79 Å². The summed E-state index contributed by atoms with van der Waals surface area (Å²) in [6.07, 6.45) is 6.66. The maximum absolute atomic E-state index is 13.0. The van der Waals surface area contributed by atoms with Gasteiger partial charge in [0.05, 0.1) is 11.6 Å². The van der Waals surface area contributed by atoms with Gasteiger partial charge in [-0.1, -0.05) is 24.3 Å². The lowest BCUT2D eigenvalue weighted by Gasteiger charge is -2.41. The fourth-order valence-corrected chi connectivity index (χ4v) is 3.90. The molecule has 0 spiro atoms. The van der Waals surface area contributed by atoms with Crippen LogP contribution >= 0.6 is 0 Å². The summed E-state index contributed by atoms with van der Waals surface area (Å²) in [5, 5.41) is 3.45. The number of likely N-dealkylation sites (N-methyl/N-ethyl adjacent to an activating group) is 1. The van der Waals surface area contributed by atoms with Gasteiger partial charge in [0.1, 0.15) is 0 Å². The monoisotopic (exact) mass is 286 g/mol. The average molecular weight is 286 g/mol. The lowest BCUT2D eigenvalue weighted by molar-refractivity contribution is -0.140. The predicted molar refractivity (Wildman–Crippen MR) is 85.1 cm³/mol. The predicted octanol–water partition coefficient (Wildman–Crippen LogP) is 3.05. The molecule has 0 bridgehead atoms. The van der Waals surface area contributed by atoms with E-state index in [1.807, 2.05) is 11.9 Å². The van der Waals surface area contributed by atoms with E-state index in [9.17, 15) is 4.79 Å². The molecule has 1 aromatic carbocycles. The minimum atomic E-state index is -0.376. The lowest BCUT2D eigenvalue weighted by atomic mass is 9.84. The number of aryl methyl sites for hydroxylation is 1. The van der Waals surface area contributed by atoms with Crippen molar-refractivity contribution in [1.82, 2.24) is 10.2 Å². The molecule has 1 aliphatic heterocycles. The average Bonchev–Trinajstić information content (AvgIpc) is 2.53. The van der Waals surface area contributed by atoms with Crippen LogP contribution in [0.1, 0.15) is 56.2 Å². The van der Waals surface area contributed by atoms with Crippen molar-refractivity contribution >= 4 is 5.91 Å². The van der Waals surface area contributed by atoms with Crippen LogP contribution in [0.25, 0.3) is 0 Å². The summed E-state index contributed by atoms with van der Waals surface area (Å²) in [5.74, 6) is 0.254. The summed E-state index contributed by atoms with van der Waals surface area (Å²) in [6, 6.07) is 8.84. The first-order chi connectivity index (χ1) is 10.1. The first-order valence-electron chi connectivity index (χ1n) is 8.22. The van der Waals surface area contributed by atoms with Crippen LogP contribution < -0.4 is 5.32 Å². The number of rotatable bonds is 2. The Hall–Kier alpha value is -1.35. The van der Waals surface area contributed by atoms with Gasteiger partial charge in [-0.15, -0.1) is 0 Å². The van der Waals surface area contributed by atoms with Crippen molar-refractivity contribution in [2.75, 3.05) is 13.6 Å². The zero-order valence-corrected chi connectivity index (χ0v) is 13.2. The van der Waals surface area contributed by atoms with Crippen LogP contribution in [-0.2, 0) is 11.2 Å². The highest BCUT2D eigenvalue weighted by Gasteiger charge is 2.39. The highest BCUT2D eigenvalue weighted by atomic mass is 16.2. The smallest absolute Gasteiger partial charge is 0.242 e. The molecule has 1 amide bonds. The van der Waals surface area contributed by atoms with Crippen molar-refractivity contribution in [2.24, 2.45) is 0 Å². The van der Waals surface area contributed by atoms with Gasteiger partial charge in [0.15, 0.2) is 0 Å². The summed E-state index contributed by atoms with van der Waals surface area (Å²) in [4.78, 5) is 15.0. The molecule has 0 saturated carbocycles. The number of carbonyl (C=O) groups excluding carboxylic acids is 1. The molecule has 21 heavy (non-hydrogen) atoms. The van der Waals surface area contributed by atoms with Gasteiger partial charge >= 0.3 is 0 Å². The molecule has 0 aromatic heterocycles. The summed E-state index contributed by atoms with van der Waals surface area (Å²) in [5.41, 5.74) is 2.38. The number of benzene rings is 1. The van der Waals surface area contributed by atoms with Crippen molar-refractivity contribution in [3.63, 3.8) is 0 Å². The third-order valence-electron chi connectivity index (χ3n) is 5.22. The first kappa shape index (κ1) is 14.6. The van der Waals surface area contributed by atoms with Gasteiger partial charge in [0, 0.05) is 7.05 Å². The molecule has 2 atom stereocenters. The van der Waals surface area contributed by atoms with Crippen LogP contribution in [0.3, 0.4) is 0 Å². The van der Waals surface area contributed by atoms with Crippen LogP contribution in [0.2, 0.25) is 0 Å². The topological polar surface area (TPSA) is 32.3 Å². The Bertz CT molecular complexity index is 520. The highest BCUT2D eigenvalue weighted by Crippen LogP contribution is 2.35. The molecular weight excluding hydrogens is 260 g/mol. The molecule has 1 aromatic rings. The van der Waals surface area contributed by atoms with Crippen LogP contribution in [0, 0.1) is 0 Å². The Morgan fingerprint density at radius 1 is 1.29 bits per heavy atom. The molecule has 1 saturated heterocycles. The standard InChI is InChI=1S/C18H26N2O/c1-18(12-5-6-13-19-18)17(21)20(2)16-11-7-9-14-8-3-4-10-15(14)16/h3-4,8,10,16,19H,5-7,9,11-13H2,1-2H3. The van der Waals surface area contributed by atoms with E-state index in [0.29, 0.717) is 0 Å². The van der Waals surface area contributed by atoms with E-state index in [1.54, 1.807) is 0 Å². The van der Waals surface area contributed by atoms with Crippen molar-refractivity contribution in [1.29, 1.82) is 0 Å². The van der Waals surface area contributed by atoms with E-state index >= 15 is 0 Å². The van der Waals surface area contributed by atoms with Crippen LogP contribution in [-0.4, -0.2) is 29.9 Å². The third-order valence-corrected chi connectivity index (χ3v) is 5.22. The second kappa shape index (κ2) is 5.80. The molecule has 1 heterocycles. The van der Waals surface area contributed by atoms with Gasteiger partial charge in [-0.05, 0) is 63.1 Å². The molecule has 114 valence electrons. The van der Waals surface area contributed by atoms with Gasteiger partial charge in [-0.2, -0.15) is 0 Å². The first-order valence-corrected chi connectivity index (χ1v) is 8.22. The van der Waals surface area contributed by atoms with E-state index in [4.69, 9.17) is 0 Å². The van der Waals surface area contributed by atoms with Crippen molar-refractivity contribution in [3.8, 4) is 0 Å². The molecule has 2 aliphatic rings. The normalized spacial score (nSPS) is 28.8. The lowest BCUT2D eigenvalue weighted by Crippen LogP contribution is -2.57. The zero-order chi connectivity index (χ0) is 14.9. The largest absolute Gasteiger partial charge is 0.337 e. The number of fused-ring (bicyclic) bond motifs is 1. The van der Waals surface area contributed by atoms with Crippen LogP contribution in [0.5, 0.6) is 0 Å². The molecule has 3 heteroatoms. The highest BCUT2D eigenvalue weighted by molar-refractivity contribution is 5.86. The van der Waals surface area contributed by atoms with E-state index < -0.39 is 0 Å². The molecule has 0 radical (unpaired) electrons. The zero-order valence-electron chi connectivity index (χ0n) is 13.2. The number of piperidine rings is 1. The Kier molecular flexibility index (Phi) is 4.03. The number of hydrogen-bond acceptors (Lipinski definition) is 2. The van der Waals surface area contributed by atoms with Gasteiger partial charge in [-0.25, -0.2) is 0 Å². The summed E-state index contributed by atoms with van der Waals surface area (Å²) in [7, 11) is 1.98. The van der Waals surface area contributed by atoms with E-state index in [0.717, 1.165) is 32.2 Å². The molecule has 2 unspecified atom stereocenters. The van der Waals surface area contributed by atoms with Crippen LogP contribution in [0.15, 0.2) is 24.3 Å². The maximum Gasteiger partial charge on any atom is 0.242 e. The quantitative estimate of drug-likeness (QED) is 0.906. The van der Waals surface area contributed by atoms with Gasteiger partial charge in [0.25, 0.3) is 0 Å². The number of nitrogens with zero attached hydrogens (tertiary/aromatic N) is 1. The fraction of sp³-hybridized carbons (Fsp3) is 0.611. The van der Waals surface area contributed by atoms with Crippen molar-refractivity contribution in [2.45, 2.75) is 57.0 Å². The van der Waals surface area contributed by atoms with E-state index in [-0.39, 0.29) is 17.5 Å². The number of carbonyl (C=O) groups is 1. The van der Waals surface area contributed by atoms with E-state index in [1.165, 1.54) is 24.0 Å². The number of amides is 1. The van der Waals surface area contributed by atoms with Gasteiger partial charge < -0.3 is 10.2 Å². The number of hydrogen-bond donors (Lipinski definition) is 1. The Balaban J connectivity index is 1.82. The minimum absolute atomic E-state index is 0.239. The summed E-state index contributed by atoms with van der Waals surface area (Å²) in [6.45, 7) is 3.02. The third kappa shape index (κ3) is 2.71. The fourth-order valence-electron chi connectivity index (χ4n) is 3.90.